The smallest absolute Gasteiger partial charge is 0.307 e. The van der Waals surface area contributed by atoms with Gasteiger partial charge in [0.2, 0.25) is 5.91 Å². The van der Waals surface area contributed by atoms with Crippen LogP contribution in [0.2, 0.25) is 0 Å². The lowest BCUT2D eigenvalue weighted by Gasteiger charge is -2.20. The maximum atomic E-state index is 13.1. The second-order valence-electron chi connectivity index (χ2n) is 9.08. The normalized spacial score (nSPS) is 12.1. The van der Waals surface area contributed by atoms with Crippen molar-refractivity contribution < 1.29 is 24.3 Å². The lowest BCUT2D eigenvalue weighted by atomic mass is 9.94. The van der Waals surface area contributed by atoms with Crippen LogP contribution >= 0.6 is 0 Å². The van der Waals surface area contributed by atoms with Crippen LogP contribution in [0.15, 0.2) is 115 Å². The Balaban J connectivity index is 1.43. The van der Waals surface area contributed by atoms with Crippen LogP contribution in [0.25, 0.3) is 11.1 Å². The molecule has 4 aromatic carbocycles. The predicted octanol–water partition coefficient (Wildman–Crippen LogP) is 5.51. The molecular formula is C32H28N2O5. The number of nitrogens with one attached hydrogen (secondary N) is 2. The van der Waals surface area contributed by atoms with E-state index < -0.39 is 36.2 Å². The Labute approximate surface area is 226 Å². The van der Waals surface area contributed by atoms with Crippen LogP contribution in [0.4, 0.5) is 5.69 Å². The predicted molar refractivity (Wildman–Crippen MR) is 149 cm³/mol. The number of aliphatic carboxylic acids is 1. The highest BCUT2D eigenvalue weighted by Gasteiger charge is 2.28. The van der Waals surface area contributed by atoms with Crippen molar-refractivity contribution in [2.24, 2.45) is 5.92 Å². The van der Waals surface area contributed by atoms with Gasteiger partial charge in [-0.25, -0.2) is 0 Å². The molecule has 2 atom stereocenters. The third-order valence-corrected chi connectivity index (χ3v) is 6.27. The van der Waals surface area contributed by atoms with E-state index >= 15 is 0 Å². The lowest BCUT2D eigenvalue weighted by molar-refractivity contribution is -0.144. The summed E-state index contributed by atoms with van der Waals surface area (Å²) in [6, 6.07) is 33.0. The second-order valence-corrected chi connectivity index (χ2v) is 9.08. The molecule has 196 valence electrons. The highest BCUT2D eigenvalue weighted by Crippen LogP contribution is 2.22. The number of hydrogen-bond acceptors (Lipinski definition) is 4. The van der Waals surface area contributed by atoms with Gasteiger partial charge in [-0.3, -0.25) is 19.2 Å². The number of Topliss-reactive ketones (excluding diaryl/α,β-unsaturated/α-hetero) is 1. The minimum Gasteiger partial charge on any atom is -0.481 e. The summed E-state index contributed by atoms with van der Waals surface area (Å²) in [7, 11) is 0. The van der Waals surface area contributed by atoms with Gasteiger partial charge in [-0.05, 0) is 28.8 Å². The van der Waals surface area contributed by atoms with Gasteiger partial charge in [0.1, 0.15) is 6.04 Å². The van der Waals surface area contributed by atoms with Crippen molar-refractivity contribution in [2.75, 3.05) is 5.32 Å². The molecule has 0 aromatic heterocycles. The van der Waals surface area contributed by atoms with E-state index in [0.717, 1.165) is 11.1 Å². The molecule has 4 aromatic rings. The van der Waals surface area contributed by atoms with Crippen LogP contribution in [0.3, 0.4) is 0 Å². The fraction of sp³-hybridized carbons (Fsp3) is 0.125. The first kappa shape index (κ1) is 27.0. The summed E-state index contributed by atoms with van der Waals surface area (Å²) in [4.78, 5) is 50.9. The topological polar surface area (TPSA) is 113 Å². The molecule has 0 saturated carbocycles. The van der Waals surface area contributed by atoms with Gasteiger partial charge in [0.05, 0.1) is 5.92 Å². The molecule has 0 aliphatic rings. The number of carbonyl (C=O) groups is 4. The van der Waals surface area contributed by atoms with E-state index in [2.05, 4.69) is 10.6 Å². The second kappa shape index (κ2) is 13.0. The molecule has 0 saturated heterocycles. The molecule has 7 heteroatoms. The van der Waals surface area contributed by atoms with E-state index in [0.29, 0.717) is 16.8 Å². The molecule has 0 radical (unpaired) electrons. The van der Waals surface area contributed by atoms with Crippen LogP contribution in [0.5, 0.6) is 0 Å². The summed E-state index contributed by atoms with van der Waals surface area (Å²) in [6.07, 6.45) is -0.801. The molecule has 0 fully saturated rings. The number of rotatable bonds is 11. The van der Waals surface area contributed by atoms with Crippen molar-refractivity contribution in [3.63, 3.8) is 0 Å². The van der Waals surface area contributed by atoms with Gasteiger partial charge in [-0.15, -0.1) is 0 Å². The van der Waals surface area contributed by atoms with Gasteiger partial charge >= 0.3 is 5.97 Å². The van der Waals surface area contributed by atoms with Crippen LogP contribution in [0, 0.1) is 5.92 Å². The molecule has 4 rings (SSSR count). The van der Waals surface area contributed by atoms with Crippen molar-refractivity contribution in [1.82, 2.24) is 5.32 Å². The standard InChI is InChI=1S/C32H28N2O5/c35-28(24-18-16-23(17-19-24)22-10-4-1-5-11-22)20-26(32(38)39)21-29(36)34-30(25-12-6-2-7-13-25)31(37)33-27-14-8-3-9-15-27/h1-19,26,30H,20-21H2,(H,33,37)(H,34,36)(H,38,39)/t26?,30-/m0/s1. The fourth-order valence-electron chi connectivity index (χ4n) is 4.19. The molecule has 0 aliphatic carbocycles. The van der Waals surface area contributed by atoms with E-state index in [1.165, 1.54) is 0 Å². The van der Waals surface area contributed by atoms with Gasteiger partial charge in [-0.2, -0.15) is 0 Å². The summed E-state index contributed by atoms with van der Waals surface area (Å²) in [5.41, 5.74) is 3.40. The third-order valence-electron chi connectivity index (χ3n) is 6.27. The van der Waals surface area contributed by atoms with Gasteiger partial charge in [0.15, 0.2) is 5.78 Å². The molecule has 1 unspecified atom stereocenters. The average Bonchev–Trinajstić information content (AvgIpc) is 2.97. The molecule has 2 amide bonds. The van der Waals surface area contributed by atoms with Crippen LogP contribution < -0.4 is 10.6 Å². The van der Waals surface area contributed by atoms with Crippen LogP contribution in [0.1, 0.15) is 34.8 Å². The SMILES string of the molecule is O=C(CC(CC(=O)c1ccc(-c2ccccc2)cc1)C(=O)O)N[C@H](C(=O)Nc1ccccc1)c1ccccc1. The monoisotopic (exact) mass is 520 g/mol. The maximum absolute atomic E-state index is 13.1. The van der Waals surface area contributed by atoms with E-state index in [9.17, 15) is 24.3 Å². The first-order valence-electron chi connectivity index (χ1n) is 12.5. The minimum atomic E-state index is -1.26. The van der Waals surface area contributed by atoms with Gasteiger partial charge in [0.25, 0.3) is 5.91 Å². The van der Waals surface area contributed by atoms with Crippen LogP contribution in [-0.4, -0.2) is 28.7 Å². The molecule has 3 N–H and O–H groups in total. The number of carbonyl (C=O) groups excluding carboxylic acids is 3. The number of benzene rings is 4. The van der Waals surface area contributed by atoms with E-state index in [-0.39, 0.29) is 12.2 Å². The zero-order valence-electron chi connectivity index (χ0n) is 21.1. The summed E-state index contributed by atoms with van der Waals surface area (Å²) >= 11 is 0. The van der Waals surface area contributed by atoms with E-state index in [4.69, 9.17) is 0 Å². The van der Waals surface area contributed by atoms with Crippen molar-refractivity contribution in [3.8, 4) is 11.1 Å². The number of carboxylic acids is 1. The number of ketones is 1. The summed E-state index contributed by atoms with van der Waals surface area (Å²) in [5, 5.41) is 15.2. The molecule has 0 spiro atoms. The maximum Gasteiger partial charge on any atom is 0.307 e. The summed E-state index contributed by atoms with van der Waals surface area (Å²) in [5.74, 6) is -4.01. The average molecular weight is 521 g/mol. The molecule has 7 nitrogen and oxygen atoms in total. The minimum absolute atomic E-state index is 0.348. The number of carboxylic acid groups (broad SMARTS) is 1. The van der Waals surface area contributed by atoms with Crippen molar-refractivity contribution in [1.29, 1.82) is 0 Å². The summed E-state index contributed by atoms with van der Waals surface area (Å²) < 4.78 is 0. The number of para-hydroxylation sites is 1. The molecule has 0 heterocycles. The Bertz CT molecular complexity index is 1420. The van der Waals surface area contributed by atoms with Crippen molar-refractivity contribution >= 4 is 29.3 Å². The van der Waals surface area contributed by atoms with Crippen molar-refractivity contribution in [3.05, 3.63) is 126 Å². The van der Waals surface area contributed by atoms with Crippen LogP contribution in [-0.2, 0) is 14.4 Å². The Morgan fingerprint density at radius 2 is 1.18 bits per heavy atom. The van der Waals surface area contributed by atoms with Gasteiger partial charge in [-0.1, -0.05) is 103 Å². The zero-order valence-corrected chi connectivity index (χ0v) is 21.1. The quantitative estimate of drug-likeness (QED) is 0.226. The first-order chi connectivity index (χ1) is 18.9. The number of amides is 2. The van der Waals surface area contributed by atoms with Gasteiger partial charge < -0.3 is 15.7 Å². The van der Waals surface area contributed by atoms with E-state index in [1.807, 2.05) is 36.4 Å². The Morgan fingerprint density at radius 1 is 0.641 bits per heavy atom. The Morgan fingerprint density at radius 3 is 1.77 bits per heavy atom. The largest absolute Gasteiger partial charge is 0.481 e. The molecule has 0 aliphatic heterocycles. The first-order valence-corrected chi connectivity index (χ1v) is 12.5. The zero-order chi connectivity index (χ0) is 27.6. The Hall–Kier alpha value is -5.04. The van der Waals surface area contributed by atoms with E-state index in [1.54, 1.807) is 78.9 Å². The molecular weight excluding hydrogens is 492 g/mol. The highest BCUT2D eigenvalue weighted by molar-refractivity contribution is 6.00. The number of hydrogen-bond donors (Lipinski definition) is 3. The lowest BCUT2D eigenvalue weighted by Crippen LogP contribution is -2.38. The third kappa shape index (κ3) is 7.49. The van der Waals surface area contributed by atoms with Gasteiger partial charge in [0, 0.05) is 24.1 Å². The number of anilines is 1. The Kier molecular flexibility index (Phi) is 8.98. The highest BCUT2D eigenvalue weighted by atomic mass is 16.4. The molecule has 39 heavy (non-hydrogen) atoms. The summed E-state index contributed by atoms with van der Waals surface area (Å²) in [6.45, 7) is 0. The fourth-order valence-corrected chi connectivity index (χ4v) is 4.19. The van der Waals surface area contributed by atoms with Crippen molar-refractivity contribution in [2.45, 2.75) is 18.9 Å². The molecule has 0 bridgehead atoms.